The molecule has 0 spiro atoms. The van der Waals surface area contributed by atoms with Gasteiger partial charge in [0.25, 0.3) is 5.91 Å². The molecule has 5 rings (SSSR count). The maximum absolute atomic E-state index is 12.6. The summed E-state index contributed by atoms with van der Waals surface area (Å²) in [5.74, 6) is -0.320. The van der Waals surface area contributed by atoms with Gasteiger partial charge in [0.1, 0.15) is 11.4 Å². The fraction of sp³-hybridized carbons (Fsp3) is 0.292. The van der Waals surface area contributed by atoms with Gasteiger partial charge in [0, 0.05) is 22.4 Å². The molecular weight excluding hydrogens is 394 g/mol. The van der Waals surface area contributed by atoms with E-state index in [9.17, 15) is 9.59 Å². The Balaban J connectivity index is 1.29. The maximum atomic E-state index is 12.6. The zero-order valence-electron chi connectivity index (χ0n) is 17.3. The van der Waals surface area contributed by atoms with Crippen molar-refractivity contribution in [3.8, 4) is 0 Å². The molecule has 1 aliphatic rings. The quantitative estimate of drug-likeness (QED) is 0.462. The summed E-state index contributed by atoms with van der Waals surface area (Å²) in [5, 5.41) is 9.94. The van der Waals surface area contributed by atoms with Crippen molar-refractivity contribution in [2.45, 2.75) is 38.6 Å². The number of carbonyl (C=O) groups excluding carboxylic acids is 2. The number of furan rings is 1. The standard InChI is InChI=1S/C24H23N3O4/c1-15-18-11-10-16-6-2-5-9-19(16)23(18)31-22(15)24(29)30-14-21(28)26-20-12-13-25-27(20)17-7-3-4-8-17/h2,5-6,9-13,17H,3-4,7-8,14H2,1H3,(H,26,28). The van der Waals surface area contributed by atoms with E-state index >= 15 is 0 Å². The Morgan fingerprint density at radius 3 is 2.77 bits per heavy atom. The molecular formula is C24H23N3O4. The van der Waals surface area contributed by atoms with Crippen LogP contribution in [0, 0.1) is 6.92 Å². The van der Waals surface area contributed by atoms with Gasteiger partial charge in [-0.25, -0.2) is 9.48 Å². The van der Waals surface area contributed by atoms with Crippen molar-refractivity contribution in [2.75, 3.05) is 11.9 Å². The Kier molecular flexibility index (Phi) is 4.94. The second-order valence-corrected chi connectivity index (χ2v) is 7.94. The average Bonchev–Trinajstić information content (AvgIpc) is 3.52. The van der Waals surface area contributed by atoms with Crippen LogP contribution in [0.3, 0.4) is 0 Å². The number of carbonyl (C=O) groups is 2. The maximum Gasteiger partial charge on any atom is 0.375 e. The average molecular weight is 417 g/mol. The van der Waals surface area contributed by atoms with Crippen molar-refractivity contribution >= 4 is 39.4 Å². The van der Waals surface area contributed by atoms with Crippen LogP contribution in [-0.2, 0) is 9.53 Å². The van der Waals surface area contributed by atoms with Gasteiger partial charge < -0.3 is 14.5 Å². The molecule has 2 aromatic carbocycles. The molecule has 0 atom stereocenters. The first-order valence-corrected chi connectivity index (χ1v) is 10.5. The lowest BCUT2D eigenvalue weighted by atomic mass is 10.1. The number of nitrogens with zero attached hydrogens (tertiary/aromatic N) is 2. The highest BCUT2D eigenvalue weighted by atomic mass is 16.5. The number of esters is 1. The van der Waals surface area contributed by atoms with Gasteiger partial charge in [-0.05, 0) is 25.2 Å². The van der Waals surface area contributed by atoms with Crippen LogP contribution < -0.4 is 5.32 Å². The third kappa shape index (κ3) is 3.56. The third-order valence-corrected chi connectivity index (χ3v) is 5.96. The first kappa shape index (κ1) is 19.4. The van der Waals surface area contributed by atoms with E-state index in [1.165, 1.54) is 12.8 Å². The Morgan fingerprint density at radius 2 is 1.94 bits per heavy atom. The van der Waals surface area contributed by atoms with Crippen LogP contribution in [0.2, 0.25) is 0 Å². The number of ether oxygens (including phenoxy) is 1. The van der Waals surface area contributed by atoms with Gasteiger partial charge in [-0.3, -0.25) is 4.79 Å². The molecule has 7 nitrogen and oxygen atoms in total. The number of amides is 1. The van der Waals surface area contributed by atoms with Crippen molar-refractivity contribution in [3.63, 3.8) is 0 Å². The lowest BCUT2D eigenvalue weighted by molar-refractivity contribution is -0.119. The van der Waals surface area contributed by atoms with E-state index < -0.39 is 18.5 Å². The van der Waals surface area contributed by atoms with Crippen molar-refractivity contribution in [1.82, 2.24) is 9.78 Å². The van der Waals surface area contributed by atoms with Crippen LogP contribution in [0.25, 0.3) is 21.7 Å². The summed E-state index contributed by atoms with van der Waals surface area (Å²) >= 11 is 0. The molecule has 158 valence electrons. The molecule has 1 saturated carbocycles. The minimum atomic E-state index is -0.655. The van der Waals surface area contributed by atoms with Crippen molar-refractivity contribution in [2.24, 2.45) is 0 Å². The first-order valence-electron chi connectivity index (χ1n) is 10.5. The van der Waals surface area contributed by atoms with E-state index in [2.05, 4.69) is 10.4 Å². The SMILES string of the molecule is Cc1c(C(=O)OCC(=O)Nc2ccnn2C2CCCC2)oc2c1ccc1ccccc12. The number of rotatable bonds is 5. The van der Waals surface area contributed by atoms with Gasteiger partial charge in [0.15, 0.2) is 6.61 Å². The first-order chi connectivity index (χ1) is 15.1. The molecule has 0 bridgehead atoms. The number of aryl methyl sites for hydroxylation is 1. The highest BCUT2D eigenvalue weighted by Gasteiger charge is 2.23. The second-order valence-electron chi connectivity index (χ2n) is 7.94. The van der Waals surface area contributed by atoms with Crippen molar-refractivity contribution < 1.29 is 18.7 Å². The fourth-order valence-electron chi connectivity index (χ4n) is 4.37. The van der Waals surface area contributed by atoms with E-state index in [-0.39, 0.29) is 5.76 Å². The van der Waals surface area contributed by atoms with E-state index in [0.717, 1.165) is 29.0 Å². The van der Waals surface area contributed by atoms with Crippen molar-refractivity contribution in [3.05, 3.63) is 60.0 Å². The van der Waals surface area contributed by atoms with E-state index in [0.29, 0.717) is 23.0 Å². The molecule has 4 aromatic rings. The molecule has 2 aromatic heterocycles. The molecule has 2 heterocycles. The number of hydrogen-bond acceptors (Lipinski definition) is 5. The van der Waals surface area contributed by atoms with E-state index in [4.69, 9.17) is 9.15 Å². The Bertz CT molecular complexity index is 1280. The summed E-state index contributed by atoms with van der Waals surface area (Å²) in [5.41, 5.74) is 1.35. The number of benzene rings is 2. The van der Waals surface area contributed by atoms with Gasteiger partial charge in [0.05, 0.1) is 12.2 Å². The second kappa shape index (κ2) is 7.91. The number of anilines is 1. The highest BCUT2D eigenvalue weighted by molar-refractivity contribution is 6.08. The zero-order valence-corrected chi connectivity index (χ0v) is 17.3. The summed E-state index contributed by atoms with van der Waals surface area (Å²) in [6.45, 7) is 1.42. The lowest BCUT2D eigenvalue weighted by Gasteiger charge is -2.14. The van der Waals surface area contributed by atoms with E-state index in [1.807, 2.05) is 48.0 Å². The van der Waals surface area contributed by atoms with Crippen LogP contribution in [-0.4, -0.2) is 28.3 Å². The molecule has 7 heteroatoms. The molecule has 1 aliphatic carbocycles. The monoisotopic (exact) mass is 417 g/mol. The van der Waals surface area contributed by atoms with Gasteiger partial charge in [0.2, 0.25) is 5.76 Å². The van der Waals surface area contributed by atoms with Crippen LogP contribution in [0.5, 0.6) is 0 Å². The number of nitrogens with one attached hydrogen (secondary N) is 1. The summed E-state index contributed by atoms with van der Waals surface area (Å²) in [7, 11) is 0. The number of hydrogen-bond donors (Lipinski definition) is 1. The van der Waals surface area contributed by atoms with Crippen LogP contribution in [0.4, 0.5) is 5.82 Å². The minimum Gasteiger partial charge on any atom is -0.450 e. The predicted octanol–water partition coefficient (Wildman–Crippen LogP) is 5.00. The largest absolute Gasteiger partial charge is 0.450 e. The number of fused-ring (bicyclic) bond motifs is 3. The Hall–Kier alpha value is -3.61. The van der Waals surface area contributed by atoms with E-state index in [1.54, 1.807) is 12.3 Å². The molecule has 0 saturated heterocycles. The smallest absolute Gasteiger partial charge is 0.375 e. The molecule has 1 N–H and O–H groups in total. The lowest BCUT2D eigenvalue weighted by Crippen LogP contribution is -2.23. The molecule has 0 aliphatic heterocycles. The van der Waals surface area contributed by atoms with Gasteiger partial charge in [-0.2, -0.15) is 5.10 Å². The molecule has 1 amide bonds. The highest BCUT2D eigenvalue weighted by Crippen LogP contribution is 2.32. The van der Waals surface area contributed by atoms with Gasteiger partial charge in [-0.1, -0.05) is 49.2 Å². The minimum absolute atomic E-state index is 0.121. The Labute approximate surface area is 179 Å². The normalized spacial score (nSPS) is 14.4. The molecule has 0 radical (unpaired) electrons. The molecule has 0 unspecified atom stereocenters. The summed E-state index contributed by atoms with van der Waals surface area (Å²) in [6.07, 6.45) is 6.12. The predicted molar refractivity (Wildman–Crippen MR) is 117 cm³/mol. The number of aromatic nitrogens is 2. The van der Waals surface area contributed by atoms with Crippen molar-refractivity contribution in [1.29, 1.82) is 0 Å². The summed E-state index contributed by atoms with van der Waals surface area (Å²) < 4.78 is 13.0. The topological polar surface area (TPSA) is 86.4 Å². The molecule has 31 heavy (non-hydrogen) atoms. The Morgan fingerprint density at radius 1 is 1.13 bits per heavy atom. The van der Waals surface area contributed by atoms with Crippen LogP contribution in [0.15, 0.2) is 53.1 Å². The van der Waals surface area contributed by atoms with Crippen LogP contribution in [0.1, 0.15) is 47.8 Å². The van der Waals surface area contributed by atoms with Crippen LogP contribution >= 0.6 is 0 Å². The van der Waals surface area contributed by atoms with Gasteiger partial charge in [-0.15, -0.1) is 0 Å². The zero-order chi connectivity index (χ0) is 21.4. The third-order valence-electron chi connectivity index (χ3n) is 5.96. The summed E-state index contributed by atoms with van der Waals surface area (Å²) in [4.78, 5) is 25.0. The molecule has 1 fully saturated rings. The fourth-order valence-corrected chi connectivity index (χ4v) is 4.37. The summed E-state index contributed by atoms with van der Waals surface area (Å²) in [6, 6.07) is 13.8. The van der Waals surface area contributed by atoms with Gasteiger partial charge >= 0.3 is 5.97 Å².